The largest absolute Gasteiger partial charge is 0.288 e. The van der Waals surface area contributed by atoms with Crippen molar-refractivity contribution in [3.8, 4) is 5.69 Å². The Kier molecular flexibility index (Phi) is 4.59. The molecule has 28 heavy (non-hydrogen) atoms. The average Bonchev–Trinajstić information content (AvgIpc) is 3.04. The quantitative estimate of drug-likeness (QED) is 0.525. The van der Waals surface area contributed by atoms with E-state index >= 15 is 0 Å². The van der Waals surface area contributed by atoms with E-state index in [1.807, 2.05) is 26.0 Å². The maximum atomic E-state index is 14.3. The molecule has 0 radical (unpaired) electrons. The molecule has 2 aromatic carbocycles. The predicted octanol–water partition coefficient (Wildman–Crippen LogP) is 4.55. The number of hydrogen-bond donors (Lipinski definition) is 0. The zero-order chi connectivity index (χ0) is 19.8. The first-order valence-electron chi connectivity index (χ1n) is 9.42. The molecule has 0 saturated carbocycles. The highest BCUT2D eigenvalue weighted by atomic mass is 19.1. The first-order valence-corrected chi connectivity index (χ1v) is 9.42. The Bertz CT molecular complexity index is 1220. The molecule has 0 amide bonds. The smallest absolute Gasteiger partial charge is 0.252 e. The van der Waals surface area contributed by atoms with Gasteiger partial charge in [-0.3, -0.25) is 9.36 Å². The summed E-state index contributed by atoms with van der Waals surface area (Å²) in [5.41, 5.74) is 4.82. The summed E-state index contributed by atoms with van der Waals surface area (Å²) in [5, 5.41) is 5.63. The van der Waals surface area contributed by atoms with Crippen LogP contribution in [0.3, 0.4) is 0 Å². The fraction of sp³-hybridized carbons (Fsp3) is 0.217. The van der Waals surface area contributed by atoms with Gasteiger partial charge in [-0.15, -0.1) is 0 Å². The second-order valence-electron chi connectivity index (χ2n) is 7.06. The molecule has 4 nitrogen and oxygen atoms in total. The summed E-state index contributed by atoms with van der Waals surface area (Å²) >= 11 is 0. The lowest BCUT2D eigenvalue weighted by Gasteiger charge is -2.13. The van der Waals surface area contributed by atoms with E-state index < -0.39 is 0 Å². The maximum absolute atomic E-state index is 14.3. The number of pyridine rings is 1. The zero-order valence-electron chi connectivity index (χ0n) is 16.2. The Labute approximate surface area is 162 Å². The van der Waals surface area contributed by atoms with Crippen LogP contribution in [0.25, 0.3) is 16.7 Å². The molecule has 0 aliphatic heterocycles. The number of aryl methyl sites for hydroxylation is 3. The lowest BCUT2D eigenvalue weighted by atomic mass is 10.1. The molecule has 0 aliphatic carbocycles. The third kappa shape index (κ3) is 3.03. The van der Waals surface area contributed by atoms with Crippen LogP contribution in [0, 0.1) is 19.7 Å². The molecular formula is C23H22FN3O. The van der Waals surface area contributed by atoms with E-state index in [9.17, 15) is 9.18 Å². The molecule has 0 aliphatic rings. The lowest BCUT2D eigenvalue weighted by molar-refractivity contribution is 0.597. The number of benzene rings is 2. The molecule has 4 aromatic rings. The van der Waals surface area contributed by atoms with Crippen molar-refractivity contribution in [2.45, 2.75) is 33.7 Å². The molecule has 4 rings (SSSR count). The van der Waals surface area contributed by atoms with E-state index in [-0.39, 0.29) is 17.9 Å². The predicted molar refractivity (Wildman–Crippen MR) is 110 cm³/mol. The summed E-state index contributed by atoms with van der Waals surface area (Å²) in [5.74, 6) is -0.321. The summed E-state index contributed by atoms with van der Waals surface area (Å²) in [6.07, 6.45) is 0.955. The minimum absolute atomic E-state index is 0.153. The standard InChI is InChI=1S/C23H22FN3O/c1-4-17-9-11-19(12-10-17)27-23-22(16(3)25-27)15(2)13-21(28)26(23)14-18-7-5-6-8-20(18)24/h5-13H,4,14H2,1-3H3. The van der Waals surface area contributed by atoms with Crippen molar-refractivity contribution in [2.75, 3.05) is 0 Å². The lowest BCUT2D eigenvalue weighted by Crippen LogP contribution is -2.23. The van der Waals surface area contributed by atoms with E-state index in [2.05, 4.69) is 19.1 Å². The van der Waals surface area contributed by atoms with Crippen molar-refractivity contribution >= 4 is 11.0 Å². The van der Waals surface area contributed by atoms with Gasteiger partial charge in [0, 0.05) is 17.0 Å². The number of rotatable bonds is 4. The van der Waals surface area contributed by atoms with Crippen molar-refractivity contribution in [3.63, 3.8) is 0 Å². The van der Waals surface area contributed by atoms with E-state index in [4.69, 9.17) is 5.10 Å². The Balaban J connectivity index is 1.99. The van der Waals surface area contributed by atoms with Gasteiger partial charge in [0.15, 0.2) is 0 Å². The third-order valence-electron chi connectivity index (χ3n) is 5.17. The summed E-state index contributed by atoms with van der Waals surface area (Å²) in [4.78, 5) is 12.9. The topological polar surface area (TPSA) is 39.8 Å². The second-order valence-corrected chi connectivity index (χ2v) is 7.06. The first kappa shape index (κ1) is 18.2. The molecule has 2 heterocycles. The van der Waals surface area contributed by atoms with Crippen LogP contribution in [0.4, 0.5) is 4.39 Å². The van der Waals surface area contributed by atoms with Crippen LogP contribution in [0.15, 0.2) is 59.4 Å². The third-order valence-corrected chi connectivity index (χ3v) is 5.17. The van der Waals surface area contributed by atoms with Gasteiger partial charge in [0.2, 0.25) is 0 Å². The van der Waals surface area contributed by atoms with Gasteiger partial charge >= 0.3 is 0 Å². The first-order chi connectivity index (χ1) is 13.5. The van der Waals surface area contributed by atoms with Crippen LogP contribution in [-0.2, 0) is 13.0 Å². The maximum Gasteiger partial charge on any atom is 0.252 e. The molecule has 0 atom stereocenters. The summed E-state index contributed by atoms with van der Waals surface area (Å²) in [6.45, 7) is 6.11. The Morgan fingerprint density at radius 3 is 2.43 bits per heavy atom. The molecule has 0 fully saturated rings. The summed E-state index contributed by atoms with van der Waals surface area (Å²) in [6, 6.07) is 16.3. The molecule has 0 saturated heterocycles. The molecule has 0 unspecified atom stereocenters. The minimum atomic E-state index is -0.321. The van der Waals surface area contributed by atoms with Gasteiger partial charge in [-0.1, -0.05) is 37.3 Å². The van der Waals surface area contributed by atoms with Gasteiger partial charge in [0.1, 0.15) is 11.5 Å². The fourth-order valence-corrected chi connectivity index (χ4v) is 3.67. The Morgan fingerprint density at radius 1 is 1.04 bits per heavy atom. The zero-order valence-corrected chi connectivity index (χ0v) is 16.2. The van der Waals surface area contributed by atoms with Gasteiger partial charge in [0.25, 0.3) is 5.56 Å². The van der Waals surface area contributed by atoms with Gasteiger partial charge in [-0.25, -0.2) is 9.07 Å². The van der Waals surface area contributed by atoms with Crippen molar-refractivity contribution in [3.05, 3.63) is 93.2 Å². The van der Waals surface area contributed by atoms with E-state index in [1.54, 1.807) is 33.5 Å². The van der Waals surface area contributed by atoms with Crippen LogP contribution in [0.2, 0.25) is 0 Å². The summed E-state index contributed by atoms with van der Waals surface area (Å²) in [7, 11) is 0. The van der Waals surface area contributed by atoms with Crippen LogP contribution in [-0.4, -0.2) is 14.3 Å². The number of nitrogens with zero attached hydrogens (tertiary/aromatic N) is 3. The van der Waals surface area contributed by atoms with Crippen molar-refractivity contribution in [1.29, 1.82) is 0 Å². The normalized spacial score (nSPS) is 11.3. The van der Waals surface area contributed by atoms with E-state index in [1.165, 1.54) is 11.6 Å². The van der Waals surface area contributed by atoms with Crippen molar-refractivity contribution in [2.24, 2.45) is 0 Å². The second kappa shape index (κ2) is 7.08. The van der Waals surface area contributed by atoms with Gasteiger partial charge in [-0.05, 0) is 49.6 Å². The monoisotopic (exact) mass is 375 g/mol. The molecule has 0 spiro atoms. The van der Waals surface area contributed by atoms with Crippen LogP contribution in [0.5, 0.6) is 0 Å². The molecule has 5 heteroatoms. The molecule has 0 N–H and O–H groups in total. The Morgan fingerprint density at radius 2 is 1.75 bits per heavy atom. The molecule has 2 aromatic heterocycles. The fourth-order valence-electron chi connectivity index (χ4n) is 3.67. The number of halogens is 1. The minimum Gasteiger partial charge on any atom is -0.288 e. The number of aromatic nitrogens is 3. The Hall–Kier alpha value is -3.21. The van der Waals surface area contributed by atoms with E-state index in [0.717, 1.165) is 28.8 Å². The van der Waals surface area contributed by atoms with Crippen LogP contribution in [0.1, 0.15) is 29.3 Å². The summed E-state index contributed by atoms with van der Waals surface area (Å²) < 4.78 is 17.7. The van der Waals surface area contributed by atoms with E-state index in [0.29, 0.717) is 11.2 Å². The molecule has 142 valence electrons. The van der Waals surface area contributed by atoms with Crippen LogP contribution >= 0.6 is 0 Å². The van der Waals surface area contributed by atoms with Gasteiger partial charge < -0.3 is 0 Å². The van der Waals surface area contributed by atoms with Crippen LogP contribution < -0.4 is 5.56 Å². The SMILES string of the molecule is CCc1ccc(-n2nc(C)c3c(C)cc(=O)n(Cc4ccccc4F)c32)cc1. The van der Waals surface area contributed by atoms with Gasteiger partial charge in [0.05, 0.1) is 17.9 Å². The highest BCUT2D eigenvalue weighted by molar-refractivity contribution is 5.83. The molecule has 0 bridgehead atoms. The van der Waals surface area contributed by atoms with Crippen molar-refractivity contribution < 1.29 is 4.39 Å². The number of fused-ring (bicyclic) bond motifs is 1. The molecular weight excluding hydrogens is 353 g/mol. The average molecular weight is 375 g/mol. The van der Waals surface area contributed by atoms with Gasteiger partial charge in [-0.2, -0.15) is 5.10 Å². The highest BCUT2D eigenvalue weighted by Gasteiger charge is 2.18. The highest BCUT2D eigenvalue weighted by Crippen LogP contribution is 2.25. The number of hydrogen-bond acceptors (Lipinski definition) is 2. The van der Waals surface area contributed by atoms with Crippen molar-refractivity contribution in [1.82, 2.24) is 14.3 Å².